The fraction of sp³-hybridized carbons (Fsp3) is 0.318. The van der Waals surface area contributed by atoms with E-state index in [4.69, 9.17) is 0 Å². The van der Waals surface area contributed by atoms with E-state index in [1.165, 1.54) is 18.5 Å². The summed E-state index contributed by atoms with van der Waals surface area (Å²) >= 11 is 0. The topological polar surface area (TPSA) is 57.2 Å². The summed E-state index contributed by atoms with van der Waals surface area (Å²) in [5.74, 6) is 2.06. The highest BCUT2D eigenvalue weighted by Gasteiger charge is 2.16. The number of hydrogen-bond donors (Lipinski definition) is 1. The fourth-order valence-electron chi connectivity index (χ4n) is 3.43. The van der Waals surface area contributed by atoms with Crippen molar-refractivity contribution in [1.29, 1.82) is 0 Å². The van der Waals surface area contributed by atoms with Crippen LogP contribution >= 0.6 is 0 Å². The Balaban J connectivity index is 1.44. The summed E-state index contributed by atoms with van der Waals surface area (Å²) in [6.45, 7) is 4.61. The molecule has 1 fully saturated rings. The van der Waals surface area contributed by atoms with Gasteiger partial charge in [-0.05, 0) is 55.2 Å². The Morgan fingerprint density at radius 1 is 1.00 bits per heavy atom. The molecule has 2 aromatic carbocycles. The lowest BCUT2D eigenvalue weighted by atomic mass is 9.99. The molecule has 1 aliphatic rings. The molecule has 144 valence electrons. The SMILES string of the molecule is CC1CCN(c2ccc(Nc3cnnc(N(C)c4ccccc4)n3)cc2)CC1. The Kier molecular flexibility index (Phi) is 5.37. The summed E-state index contributed by atoms with van der Waals surface area (Å²) in [5, 5.41) is 11.6. The first-order valence-electron chi connectivity index (χ1n) is 9.79. The van der Waals surface area contributed by atoms with Crippen LogP contribution in [0, 0.1) is 5.92 Å². The molecule has 0 unspecified atom stereocenters. The zero-order valence-corrected chi connectivity index (χ0v) is 16.4. The molecule has 2 heterocycles. The van der Waals surface area contributed by atoms with Crippen LogP contribution in [0.5, 0.6) is 0 Å². The molecule has 0 amide bonds. The van der Waals surface area contributed by atoms with E-state index in [-0.39, 0.29) is 0 Å². The Bertz CT molecular complexity index is 888. The molecular weight excluding hydrogens is 348 g/mol. The number of benzene rings is 2. The molecule has 0 atom stereocenters. The van der Waals surface area contributed by atoms with Gasteiger partial charge in [0.15, 0.2) is 5.82 Å². The summed E-state index contributed by atoms with van der Waals surface area (Å²) in [5.41, 5.74) is 3.28. The van der Waals surface area contributed by atoms with Crippen molar-refractivity contribution in [1.82, 2.24) is 15.2 Å². The summed E-state index contributed by atoms with van der Waals surface area (Å²) < 4.78 is 0. The lowest BCUT2D eigenvalue weighted by molar-refractivity contribution is 0.438. The molecule has 0 radical (unpaired) electrons. The summed E-state index contributed by atoms with van der Waals surface area (Å²) in [6, 6.07) is 18.5. The largest absolute Gasteiger partial charge is 0.372 e. The monoisotopic (exact) mass is 374 g/mol. The molecule has 28 heavy (non-hydrogen) atoms. The zero-order valence-electron chi connectivity index (χ0n) is 16.4. The molecule has 0 saturated carbocycles. The maximum atomic E-state index is 4.60. The molecular formula is C22H26N6. The maximum Gasteiger partial charge on any atom is 0.251 e. The predicted octanol–water partition coefficient (Wildman–Crippen LogP) is 4.62. The fourth-order valence-corrected chi connectivity index (χ4v) is 3.43. The summed E-state index contributed by atoms with van der Waals surface area (Å²) in [6.07, 6.45) is 4.18. The molecule has 3 aromatic rings. The van der Waals surface area contributed by atoms with Crippen molar-refractivity contribution in [3.63, 3.8) is 0 Å². The molecule has 1 saturated heterocycles. The van der Waals surface area contributed by atoms with Crippen LogP contribution in [0.15, 0.2) is 60.8 Å². The standard InChI is InChI=1S/C22H26N6/c1-17-12-14-28(15-13-17)20-10-8-18(9-11-20)24-21-16-23-26-22(25-21)27(2)19-6-4-3-5-7-19/h3-11,16-17H,12-15H2,1-2H3,(H,24,25,26). The van der Waals surface area contributed by atoms with E-state index in [1.807, 2.05) is 42.3 Å². The molecule has 1 aromatic heterocycles. The van der Waals surface area contributed by atoms with Gasteiger partial charge in [0.2, 0.25) is 0 Å². The van der Waals surface area contributed by atoms with Crippen LogP contribution in [0.25, 0.3) is 0 Å². The smallest absolute Gasteiger partial charge is 0.251 e. The number of aromatic nitrogens is 3. The number of hydrogen-bond acceptors (Lipinski definition) is 6. The van der Waals surface area contributed by atoms with Crippen LogP contribution in [0.4, 0.5) is 28.8 Å². The Labute approximate surface area is 166 Å². The lowest BCUT2D eigenvalue weighted by Gasteiger charge is -2.32. The van der Waals surface area contributed by atoms with Gasteiger partial charge in [-0.3, -0.25) is 0 Å². The molecule has 0 aliphatic carbocycles. The van der Waals surface area contributed by atoms with Crippen LogP contribution in [0.1, 0.15) is 19.8 Å². The van der Waals surface area contributed by atoms with Gasteiger partial charge in [-0.1, -0.05) is 25.1 Å². The Hall–Kier alpha value is -3.15. The second-order valence-electron chi connectivity index (χ2n) is 7.38. The van der Waals surface area contributed by atoms with Gasteiger partial charge in [-0.25, -0.2) is 0 Å². The average molecular weight is 374 g/mol. The van der Waals surface area contributed by atoms with Gasteiger partial charge in [0.05, 0.1) is 6.20 Å². The highest BCUT2D eigenvalue weighted by atomic mass is 15.3. The zero-order chi connectivity index (χ0) is 19.3. The molecule has 1 aliphatic heterocycles. The van der Waals surface area contributed by atoms with Crippen molar-refractivity contribution < 1.29 is 0 Å². The van der Waals surface area contributed by atoms with E-state index >= 15 is 0 Å². The van der Waals surface area contributed by atoms with Gasteiger partial charge in [0.1, 0.15) is 0 Å². The molecule has 4 rings (SSSR count). The highest BCUT2D eigenvalue weighted by Crippen LogP contribution is 2.26. The molecule has 1 N–H and O–H groups in total. The van der Waals surface area contributed by atoms with Crippen molar-refractivity contribution in [3.05, 3.63) is 60.8 Å². The van der Waals surface area contributed by atoms with E-state index in [0.29, 0.717) is 11.8 Å². The van der Waals surface area contributed by atoms with Crippen molar-refractivity contribution >= 4 is 28.8 Å². The van der Waals surface area contributed by atoms with Gasteiger partial charge in [0, 0.05) is 37.2 Å². The second kappa shape index (κ2) is 8.25. The third-order valence-electron chi connectivity index (χ3n) is 5.28. The number of rotatable bonds is 5. The van der Waals surface area contributed by atoms with Crippen LogP contribution in [0.3, 0.4) is 0 Å². The van der Waals surface area contributed by atoms with Gasteiger partial charge in [-0.15, -0.1) is 5.10 Å². The minimum Gasteiger partial charge on any atom is -0.372 e. The first kappa shape index (κ1) is 18.2. The van der Waals surface area contributed by atoms with Gasteiger partial charge >= 0.3 is 0 Å². The normalized spacial score (nSPS) is 14.7. The van der Waals surface area contributed by atoms with E-state index in [0.717, 1.165) is 30.4 Å². The van der Waals surface area contributed by atoms with Crippen molar-refractivity contribution in [2.45, 2.75) is 19.8 Å². The van der Waals surface area contributed by atoms with Gasteiger partial charge in [-0.2, -0.15) is 10.1 Å². The number of nitrogens with zero attached hydrogens (tertiary/aromatic N) is 5. The summed E-state index contributed by atoms with van der Waals surface area (Å²) in [4.78, 5) is 8.97. The van der Waals surface area contributed by atoms with E-state index in [1.54, 1.807) is 6.20 Å². The number of nitrogens with one attached hydrogen (secondary N) is 1. The maximum absolute atomic E-state index is 4.60. The number of piperidine rings is 1. The molecule has 6 nitrogen and oxygen atoms in total. The van der Waals surface area contributed by atoms with Crippen LogP contribution in [-0.2, 0) is 0 Å². The lowest BCUT2D eigenvalue weighted by Crippen LogP contribution is -2.32. The minimum atomic E-state index is 0.551. The average Bonchev–Trinajstić information content (AvgIpc) is 2.75. The van der Waals surface area contributed by atoms with E-state index < -0.39 is 0 Å². The van der Waals surface area contributed by atoms with Crippen LogP contribution in [-0.4, -0.2) is 35.3 Å². The highest BCUT2D eigenvalue weighted by molar-refractivity contribution is 5.62. The third-order valence-corrected chi connectivity index (χ3v) is 5.28. The second-order valence-corrected chi connectivity index (χ2v) is 7.38. The molecule has 0 bridgehead atoms. The minimum absolute atomic E-state index is 0.551. The Morgan fingerprint density at radius 2 is 1.71 bits per heavy atom. The molecule has 0 spiro atoms. The first-order valence-corrected chi connectivity index (χ1v) is 9.79. The van der Waals surface area contributed by atoms with Crippen molar-refractivity contribution in [2.75, 3.05) is 35.3 Å². The summed E-state index contributed by atoms with van der Waals surface area (Å²) in [7, 11) is 1.93. The van der Waals surface area contributed by atoms with E-state index in [2.05, 4.69) is 56.6 Å². The van der Waals surface area contributed by atoms with E-state index in [9.17, 15) is 0 Å². The van der Waals surface area contributed by atoms with Gasteiger partial charge in [0.25, 0.3) is 5.95 Å². The quantitative estimate of drug-likeness (QED) is 0.703. The molecule has 6 heteroatoms. The van der Waals surface area contributed by atoms with Crippen molar-refractivity contribution in [3.8, 4) is 0 Å². The van der Waals surface area contributed by atoms with Gasteiger partial charge < -0.3 is 15.1 Å². The number of para-hydroxylation sites is 1. The predicted molar refractivity (Wildman–Crippen MR) is 115 cm³/mol. The van der Waals surface area contributed by atoms with Crippen LogP contribution in [0.2, 0.25) is 0 Å². The number of anilines is 5. The Morgan fingerprint density at radius 3 is 2.43 bits per heavy atom. The van der Waals surface area contributed by atoms with Crippen molar-refractivity contribution in [2.24, 2.45) is 5.92 Å². The third kappa shape index (κ3) is 4.22. The van der Waals surface area contributed by atoms with Crippen LogP contribution < -0.4 is 15.1 Å². The first-order chi connectivity index (χ1) is 13.7.